The average Bonchev–Trinajstić information content (AvgIpc) is 2.67. The van der Waals surface area contributed by atoms with Gasteiger partial charge in [-0.25, -0.2) is 0 Å². The number of benzene rings is 2. The fraction of sp³-hybridized carbons (Fsp3) is 0.381. The van der Waals surface area contributed by atoms with Crippen molar-refractivity contribution in [3.8, 4) is 11.5 Å². The molecule has 2 aromatic carbocycles. The van der Waals surface area contributed by atoms with Crippen molar-refractivity contribution in [2.24, 2.45) is 0 Å². The minimum absolute atomic E-state index is 0.00519. The maximum Gasteiger partial charge on any atom is 0.275 e. The van der Waals surface area contributed by atoms with Crippen LogP contribution < -0.4 is 19.7 Å². The number of thioether (sulfide) groups is 1. The van der Waals surface area contributed by atoms with Crippen LogP contribution in [0.15, 0.2) is 47.4 Å². The van der Waals surface area contributed by atoms with E-state index in [2.05, 4.69) is 35.8 Å². The molecule has 0 saturated carbocycles. The lowest BCUT2D eigenvalue weighted by molar-refractivity contribution is -0.885. The van der Waals surface area contributed by atoms with Crippen LogP contribution in [0.4, 0.5) is 0 Å². The van der Waals surface area contributed by atoms with E-state index in [0.29, 0.717) is 6.54 Å². The van der Waals surface area contributed by atoms with Gasteiger partial charge in [0, 0.05) is 16.0 Å². The summed E-state index contributed by atoms with van der Waals surface area (Å²) in [7, 11) is 5.28. The minimum atomic E-state index is -0.170. The van der Waals surface area contributed by atoms with E-state index in [0.717, 1.165) is 28.5 Å². The number of carbonyl (C=O) groups excluding carboxylic acids is 1. The zero-order chi connectivity index (χ0) is 19.8. The Labute approximate surface area is 166 Å². The molecule has 0 aromatic heterocycles. The smallest absolute Gasteiger partial charge is 0.275 e. The number of ether oxygens (including phenoxy) is 2. The van der Waals surface area contributed by atoms with Gasteiger partial charge in [0.25, 0.3) is 5.91 Å². The molecule has 0 aliphatic rings. The third-order valence-electron chi connectivity index (χ3n) is 4.41. The average molecular weight is 390 g/mol. The van der Waals surface area contributed by atoms with Gasteiger partial charge in [-0.05, 0) is 43.5 Å². The molecule has 2 N–H and O–H groups in total. The number of quaternary nitrogens is 1. The van der Waals surface area contributed by atoms with Crippen LogP contribution in [-0.2, 0) is 11.3 Å². The molecular weight excluding hydrogens is 360 g/mol. The molecule has 2 aromatic rings. The maximum absolute atomic E-state index is 12.5. The van der Waals surface area contributed by atoms with Gasteiger partial charge in [0.15, 0.2) is 6.54 Å². The van der Waals surface area contributed by atoms with E-state index in [4.69, 9.17) is 9.47 Å². The van der Waals surface area contributed by atoms with Crippen molar-refractivity contribution in [3.63, 3.8) is 0 Å². The standard InChI is InChI=1S/C21H28N2O3S/c1-15(19-12-17(25-3)8-11-20(19)26-4)22-21(24)14-23(2)13-16-6-9-18(27-5)10-7-16/h6-12,15H,13-14H2,1-5H3,(H,22,24)/p+1/t15-/m0/s1. The molecule has 1 amide bonds. The number of likely N-dealkylation sites (N-methyl/N-ethyl adjacent to an activating group) is 1. The first-order chi connectivity index (χ1) is 13.0. The van der Waals surface area contributed by atoms with Crippen molar-refractivity contribution >= 4 is 17.7 Å². The van der Waals surface area contributed by atoms with Gasteiger partial charge in [0.2, 0.25) is 0 Å². The zero-order valence-corrected chi connectivity index (χ0v) is 17.5. The molecule has 0 aliphatic heterocycles. The van der Waals surface area contributed by atoms with E-state index in [9.17, 15) is 4.79 Å². The highest BCUT2D eigenvalue weighted by Gasteiger charge is 2.17. The molecule has 5 nitrogen and oxygen atoms in total. The molecule has 0 heterocycles. The number of methoxy groups -OCH3 is 2. The molecule has 0 radical (unpaired) electrons. The summed E-state index contributed by atoms with van der Waals surface area (Å²) in [5.41, 5.74) is 2.12. The third-order valence-corrected chi connectivity index (χ3v) is 5.15. The van der Waals surface area contributed by atoms with E-state index in [-0.39, 0.29) is 11.9 Å². The van der Waals surface area contributed by atoms with Gasteiger partial charge in [-0.1, -0.05) is 12.1 Å². The SMILES string of the molecule is COc1ccc(OC)c([C@H](C)NC(=O)C[NH+](C)Cc2ccc(SC)cc2)c1. The van der Waals surface area contributed by atoms with Crippen LogP contribution in [0.3, 0.4) is 0 Å². The van der Waals surface area contributed by atoms with E-state index < -0.39 is 0 Å². The van der Waals surface area contributed by atoms with Crippen LogP contribution >= 0.6 is 11.8 Å². The summed E-state index contributed by atoms with van der Waals surface area (Å²) in [6.45, 7) is 3.16. The number of hydrogen-bond donors (Lipinski definition) is 2. The number of carbonyl (C=O) groups is 1. The molecule has 2 rings (SSSR count). The fourth-order valence-corrected chi connectivity index (χ4v) is 3.38. The molecule has 146 valence electrons. The highest BCUT2D eigenvalue weighted by molar-refractivity contribution is 7.98. The van der Waals surface area contributed by atoms with Gasteiger partial charge in [-0.3, -0.25) is 4.79 Å². The summed E-state index contributed by atoms with van der Waals surface area (Å²) in [4.78, 5) is 14.9. The topological polar surface area (TPSA) is 52.0 Å². The first kappa shape index (κ1) is 21.1. The van der Waals surface area contributed by atoms with Crippen LogP contribution in [0.5, 0.6) is 11.5 Å². The maximum atomic E-state index is 12.5. The molecule has 6 heteroatoms. The normalized spacial score (nSPS) is 12.9. The second-order valence-electron chi connectivity index (χ2n) is 6.56. The molecule has 0 spiro atoms. The van der Waals surface area contributed by atoms with E-state index in [1.165, 1.54) is 10.5 Å². The van der Waals surface area contributed by atoms with Gasteiger partial charge in [0.1, 0.15) is 18.0 Å². The Morgan fingerprint density at radius 3 is 2.44 bits per heavy atom. The largest absolute Gasteiger partial charge is 0.497 e. The highest BCUT2D eigenvalue weighted by Crippen LogP contribution is 2.29. The van der Waals surface area contributed by atoms with Crippen molar-refractivity contribution in [2.45, 2.75) is 24.4 Å². The zero-order valence-electron chi connectivity index (χ0n) is 16.7. The lowest BCUT2D eigenvalue weighted by Crippen LogP contribution is -3.08. The van der Waals surface area contributed by atoms with Crippen molar-refractivity contribution < 1.29 is 19.2 Å². The Kier molecular flexibility index (Phi) is 8.00. The first-order valence-electron chi connectivity index (χ1n) is 8.92. The lowest BCUT2D eigenvalue weighted by Gasteiger charge is -2.20. The molecule has 0 aliphatic carbocycles. The van der Waals surface area contributed by atoms with Crippen LogP contribution in [0.25, 0.3) is 0 Å². The molecule has 2 atom stereocenters. The fourth-order valence-electron chi connectivity index (χ4n) is 2.98. The van der Waals surface area contributed by atoms with Crippen LogP contribution in [0, 0.1) is 0 Å². The van der Waals surface area contributed by atoms with Gasteiger partial charge in [-0.15, -0.1) is 11.8 Å². The van der Waals surface area contributed by atoms with Gasteiger partial charge >= 0.3 is 0 Å². The van der Waals surface area contributed by atoms with Crippen LogP contribution in [0.2, 0.25) is 0 Å². The predicted molar refractivity (Wildman–Crippen MR) is 110 cm³/mol. The van der Waals surface area contributed by atoms with Crippen molar-refractivity contribution in [1.29, 1.82) is 0 Å². The lowest BCUT2D eigenvalue weighted by atomic mass is 10.1. The Morgan fingerprint density at radius 2 is 1.85 bits per heavy atom. The first-order valence-corrected chi connectivity index (χ1v) is 10.1. The van der Waals surface area contributed by atoms with Gasteiger partial charge < -0.3 is 19.7 Å². The second kappa shape index (κ2) is 10.2. The highest BCUT2D eigenvalue weighted by atomic mass is 32.2. The summed E-state index contributed by atoms with van der Waals surface area (Å²) in [5.74, 6) is 1.48. The van der Waals surface area contributed by atoms with Crippen LogP contribution in [0.1, 0.15) is 24.1 Å². The monoisotopic (exact) mass is 389 g/mol. The molecular formula is C21H29N2O3S+. The van der Waals surface area contributed by atoms with E-state index in [1.807, 2.05) is 32.2 Å². The molecule has 27 heavy (non-hydrogen) atoms. The Bertz CT molecular complexity index is 750. The van der Waals surface area contributed by atoms with Gasteiger partial charge in [0.05, 0.1) is 27.3 Å². The Balaban J connectivity index is 1.93. The van der Waals surface area contributed by atoms with Crippen LogP contribution in [-0.4, -0.2) is 40.0 Å². The molecule has 1 unspecified atom stereocenters. The molecule has 0 bridgehead atoms. The summed E-state index contributed by atoms with van der Waals surface area (Å²) >= 11 is 1.73. The van der Waals surface area contributed by atoms with Crippen molar-refractivity contribution in [2.75, 3.05) is 34.1 Å². The summed E-state index contributed by atoms with van der Waals surface area (Å²) < 4.78 is 10.7. The number of rotatable bonds is 9. The minimum Gasteiger partial charge on any atom is -0.497 e. The number of amides is 1. The number of nitrogens with one attached hydrogen (secondary N) is 2. The van der Waals surface area contributed by atoms with Gasteiger partial charge in [-0.2, -0.15) is 0 Å². The van der Waals surface area contributed by atoms with E-state index in [1.54, 1.807) is 26.0 Å². The summed E-state index contributed by atoms with van der Waals surface area (Å²) in [5, 5.41) is 3.06. The predicted octanol–water partition coefficient (Wildman–Crippen LogP) is 2.32. The van der Waals surface area contributed by atoms with Crippen molar-refractivity contribution in [1.82, 2.24) is 5.32 Å². The molecule has 0 saturated heterocycles. The third kappa shape index (κ3) is 6.19. The Hall–Kier alpha value is -2.18. The summed E-state index contributed by atoms with van der Waals surface area (Å²) in [6, 6.07) is 13.9. The quantitative estimate of drug-likeness (QED) is 0.647. The molecule has 0 fully saturated rings. The van der Waals surface area contributed by atoms with Crippen molar-refractivity contribution in [3.05, 3.63) is 53.6 Å². The Morgan fingerprint density at radius 1 is 1.15 bits per heavy atom. The number of hydrogen-bond acceptors (Lipinski definition) is 4. The second-order valence-corrected chi connectivity index (χ2v) is 7.44. The van der Waals surface area contributed by atoms with E-state index >= 15 is 0 Å². The summed E-state index contributed by atoms with van der Waals surface area (Å²) in [6.07, 6.45) is 2.06.